The number of carbonyl (C=O) groups is 2. The number of hydrogen-bond donors (Lipinski definition) is 2. The van der Waals surface area contributed by atoms with E-state index in [1.165, 1.54) is 0 Å². The predicted molar refractivity (Wildman–Crippen MR) is 83.3 cm³/mol. The molecule has 0 radical (unpaired) electrons. The van der Waals surface area contributed by atoms with E-state index < -0.39 is 24.0 Å². The van der Waals surface area contributed by atoms with Gasteiger partial charge >= 0.3 is 5.97 Å². The molecule has 0 unspecified atom stereocenters. The van der Waals surface area contributed by atoms with Crippen LogP contribution in [-0.2, 0) is 9.53 Å². The summed E-state index contributed by atoms with van der Waals surface area (Å²) in [6, 6.07) is 8.91. The van der Waals surface area contributed by atoms with Crippen LogP contribution in [0.15, 0.2) is 24.3 Å². The number of amides is 1. The Morgan fingerprint density at radius 3 is 2.55 bits per heavy atom. The summed E-state index contributed by atoms with van der Waals surface area (Å²) in [5.74, 6) is -1.17. The zero-order valence-corrected chi connectivity index (χ0v) is 13.3. The van der Waals surface area contributed by atoms with Crippen molar-refractivity contribution in [2.75, 3.05) is 19.0 Å². The first-order valence-corrected chi connectivity index (χ1v) is 7.00. The van der Waals surface area contributed by atoms with Crippen molar-refractivity contribution in [1.29, 1.82) is 5.26 Å². The van der Waals surface area contributed by atoms with Gasteiger partial charge in [0.1, 0.15) is 5.54 Å². The SMILES string of the molecule is CNc1ccccc1C(=O)OCC(=O)N[C@](C)(C#N)C(C)C. The van der Waals surface area contributed by atoms with Crippen molar-refractivity contribution in [2.24, 2.45) is 5.92 Å². The number of carbonyl (C=O) groups excluding carboxylic acids is 2. The van der Waals surface area contributed by atoms with Crippen LogP contribution in [0.1, 0.15) is 31.1 Å². The van der Waals surface area contributed by atoms with Gasteiger partial charge in [-0.25, -0.2) is 4.79 Å². The molecule has 0 aliphatic heterocycles. The minimum absolute atomic E-state index is 0.0674. The van der Waals surface area contributed by atoms with Crippen molar-refractivity contribution < 1.29 is 14.3 Å². The highest BCUT2D eigenvalue weighted by molar-refractivity contribution is 5.96. The number of benzene rings is 1. The lowest BCUT2D eigenvalue weighted by molar-refractivity contribution is -0.125. The second kappa shape index (κ2) is 7.46. The van der Waals surface area contributed by atoms with Crippen molar-refractivity contribution in [3.05, 3.63) is 29.8 Å². The van der Waals surface area contributed by atoms with E-state index in [-0.39, 0.29) is 5.92 Å². The van der Waals surface area contributed by atoms with Gasteiger partial charge in [0.2, 0.25) is 0 Å². The number of para-hydroxylation sites is 1. The topological polar surface area (TPSA) is 91.2 Å². The molecule has 0 heterocycles. The van der Waals surface area contributed by atoms with Crippen molar-refractivity contribution in [2.45, 2.75) is 26.3 Å². The predicted octanol–water partition coefficient (Wildman–Crippen LogP) is 1.94. The molecule has 1 aromatic rings. The number of nitrogens with one attached hydrogen (secondary N) is 2. The third-order valence-electron chi connectivity index (χ3n) is 3.54. The maximum Gasteiger partial charge on any atom is 0.340 e. The molecular formula is C16H21N3O3. The first-order valence-electron chi connectivity index (χ1n) is 7.00. The van der Waals surface area contributed by atoms with Crippen molar-refractivity contribution >= 4 is 17.6 Å². The number of ether oxygens (including phenoxy) is 1. The maximum absolute atomic E-state index is 12.0. The number of rotatable bonds is 6. The van der Waals surface area contributed by atoms with Crippen LogP contribution in [0, 0.1) is 17.2 Å². The van der Waals surface area contributed by atoms with Crippen LogP contribution in [0.25, 0.3) is 0 Å². The molecule has 6 nitrogen and oxygen atoms in total. The van der Waals surface area contributed by atoms with Gasteiger partial charge in [0.25, 0.3) is 5.91 Å². The average Bonchev–Trinajstić information content (AvgIpc) is 2.52. The normalized spacial score (nSPS) is 12.9. The van der Waals surface area contributed by atoms with E-state index in [0.29, 0.717) is 11.3 Å². The van der Waals surface area contributed by atoms with E-state index in [2.05, 4.69) is 16.7 Å². The van der Waals surface area contributed by atoms with Crippen molar-refractivity contribution in [1.82, 2.24) is 5.32 Å². The van der Waals surface area contributed by atoms with Gasteiger partial charge in [-0.3, -0.25) is 4.79 Å². The van der Waals surface area contributed by atoms with Crippen molar-refractivity contribution in [3.63, 3.8) is 0 Å². The lowest BCUT2D eigenvalue weighted by Crippen LogP contribution is -2.50. The van der Waals surface area contributed by atoms with E-state index in [1.807, 2.05) is 13.8 Å². The number of nitriles is 1. The summed E-state index contributed by atoms with van der Waals surface area (Å²) in [6.45, 7) is 4.87. The molecule has 0 saturated carbocycles. The highest BCUT2D eigenvalue weighted by atomic mass is 16.5. The first-order chi connectivity index (χ1) is 10.3. The van der Waals surface area contributed by atoms with E-state index in [0.717, 1.165) is 0 Å². The minimum Gasteiger partial charge on any atom is -0.452 e. The van der Waals surface area contributed by atoms with Crippen LogP contribution in [0.2, 0.25) is 0 Å². The Hall–Kier alpha value is -2.55. The first kappa shape index (κ1) is 17.5. The van der Waals surface area contributed by atoms with Gasteiger partial charge in [0, 0.05) is 12.7 Å². The van der Waals surface area contributed by atoms with Gasteiger partial charge in [0.05, 0.1) is 11.6 Å². The smallest absolute Gasteiger partial charge is 0.340 e. The quantitative estimate of drug-likeness (QED) is 0.784. The van der Waals surface area contributed by atoms with Crippen LogP contribution < -0.4 is 10.6 Å². The summed E-state index contributed by atoms with van der Waals surface area (Å²) in [7, 11) is 1.69. The molecule has 0 saturated heterocycles. The largest absolute Gasteiger partial charge is 0.452 e. The van der Waals surface area contributed by atoms with E-state index in [9.17, 15) is 9.59 Å². The van der Waals surface area contributed by atoms with Crippen LogP contribution in [-0.4, -0.2) is 31.1 Å². The Kier molecular flexibility index (Phi) is 5.93. The molecule has 2 N–H and O–H groups in total. The molecule has 1 amide bonds. The van der Waals surface area contributed by atoms with Gasteiger partial charge in [0.15, 0.2) is 6.61 Å². The lowest BCUT2D eigenvalue weighted by Gasteiger charge is -2.27. The molecule has 1 rings (SSSR count). The van der Waals surface area contributed by atoms with Crippen LogP contribution in [0.4, 0.5) is 5.69 Å². The maximum atomic E-state index is 12.0. The molecule has 22 heavy (non-hydrogen) atoms. The number of esters is 1. The zero-order chi connectivity index (χ0) is 16.8. The van der Waals surface area contributed by atoms with E-state index in [1.54, 1.807) is 38.2 Å². The second-order valence-corrected chi connectivity index (χ2v) is 5.39. The molecule has 118 valence electrons. The fraction of sp³-hybridized carbons (Fsp3) is 0.438. The lowest BCUT2D eigenvalue weighted by atomic mass is 9.90. The molecule has 6 heteroatoms. The number of nitrogens with zero attached hydrogens (tertiary/aromatic N) is 1. The molecule has 0 aromatic heterocycles. The minimum atomic E-state index is -0.994. The molecule has 0 bridgehead atoms. The molecule has 0 spiro atoms. The second-order valence-electron chi connectivity index (χ2n) is 5.39. The standard InChI is InChI=1S/C16H21N3O3/c1-11(2)16(3,10-17)19-14(20)9-22-15(21)12-7-5-6-8-13(12)18-4/h5-8,11,18H,9H2,1-4H3,(H,19,20)/t16-/m1/s1. The highest BCUT2D eigenvalue weighted by Gasteiger charge is 2.30. The van der Waals surface area contributed by atoms with Gasteiger partial charge in [-0.15, -0.1) is 0 Å². The monoisotopic (exact) mass is 303 g/mol. The third kappa shape index (κ3) is 4.22. The molecule has 0 fully saturated rings. The Morgan fingerprint density at radius 1 is 1.36 bits per heavy atom. The average molecular weight is 303 g/mol. The highest BCUT2D eigenvalue weighted by Crippen LogP contribution is 2.16. The summed E-state index contributed by atoms with van der Waals surface area (Å²) in [6.07, 6.45) is 0. The van der Waals surface area contributed by atoms with Crippen molar-refractivity contribution in [3.8, 4) is 6.07 Å². The van der Waals surface area contributed by atoms with Gasteiger partial charge in [-0.2, -0.15) is 5.26 Å². The Balaban J connectivity index is 2.65. The fourth-order valence-corrected chi connectivity index (χ4v) is 1.72. The van der Waals surface area contributed by atoms with Crippen LogP contribution in [0.5, 0.6) is 0 Å². The fourth-order valence-electron chi connectivity index (χ4n) is 1.72. The van der Waals surface area contributed by atoms with Gasteiger partial charge in [-0.1, -0.05) is 26.0 Å². The molecular weight excluding hydrogens is 282 g/mol. The third-order valence-corrected chi connectivity index (χ3v) is 3.54. The van der Waals surface area contributed by atoms with Crippen LogP contribution >= 0.6 is 0 Å². The van der Waals surface area contributed by atoms with Crippen LogP contribution in [0.3, 0.4) is 0 Å². The number of anilines is 1. The molecule has 1 atom stereocenters. The summed E-state index contributed by atoms with van der Waals surface area (Å²) in [4.78, 5) is 23.8. The van der Waals surface area contributed by atoms with E-state index in [4.69, 9.17) is 10.00 Å². The molecule has 0 aliphatic carbocycles. The molecule has 1 aromatic carbocycles. The summed E-state index contributed by atoms with van der Waals surface area (Å²) in [5.41, 5.74) is -0.0199. The van der Waals surface area contributed by atoms with E-state index >= 15 is 0 Å². The summed E-state index contributed by atoms with van der Waals surface area (Å²) in [5, 5.41) is 14.6. The van der Waals surface area contributed by atoms with Gasteiger partial charge in [-0.05, 0) is 25.0 Å². The summed E-state index contributed by atoms with van der Waals surface area (Å²) < 4.78 is 5.00. The number of hydrogen-bond acceptors (Lipinski definition) is 5. The summed E-state index contributed by atoms with van der Waals surface area (Å²) >= 11 is 0. The Bertz CT molecular complexity index is 593. The van der Waals surface area contributed by atoms with Gasteiger partial charge < -0.3 is 15.4 Å². The zero-order valence-electron chi connectivity index (χ0n) is 13.3. The Labute approximate surface area is 130 Å². The Morgan fingerprint density at radius 2 is 2.00 bits per heavy atom. The molecule has 0 aliphatic rings.